The Morgan fingerprint density at radius 1 is 1.50 bits per heavy atom. The van der Waals surface area contributed by atoms with Crippen molar-refractivity contribution in [1.82, 2.24) is 9.78 Å². The molecule has 0 bridgehead atoms. The Kier molecular flexibility index (Phi) is 3.52. The highest BCUT2D eigenvalue weighted by molar-refractivity contribution is 5.13. The molecule has 1 saturated carbocycles. The van der Waals surface area contributed by atoms with Crippen molar-refractivity contribution in [3.8, 4) is 0 Å². The van der Waals surface area contributed by atoms with E-state index in [1.165, 1.54) is 5.56 Å². The summed E-state index contributed by atoms with van der Waals surface area (Å²) in [5, 5.41) is 14.9. The molecule has 4 heteroatoms. The minimum atomic E-state index is -0.333. The average molecular weight is 251 g/mol. The van der Waals surface area contributed by atoms with Crippen LogP contribution in [0.1, 0.15) is 39.2 Å². The number of nitrogens with zero attached hydrogens (tertiary/aromatic N) is 2. The summed E-state index contributed by atoms with van der Waals surface area (Å²) in [5.41, 5.74) is 6.96. The van der Waals surface area contributed by atoms with E-state index in [0.717, 1.165) is 25.8 Å². The van der Waals surface area contributed by atoms with Crippen LogP contribution in [-0.4, -0.2) is 27.5 Å². The normalized spacial score (nSPS) is 30.8. The van der Waals surface area contributed by atoms with E-state index in [-0.39, 0.29) is 16.9 Å². The van der Waals surface area contributed by atoms with Crippen molar-refractivity contribution >= 4 is 0 Å². The van der Waals surface area contributed by atoms with Gasteiger partial charge in [-0.2, -0.15) is 5.10 Å². The highest BCUT2D eigenvalue weighted by atomic mass is 16.3. The number of aromatic nitrogens is 2. The van der Waals surface area contributed by atoms with Gasteiger partial charge in [0.1, 0.15) is 0 Å². The largest absolute Gasteiger partial charge is 0.392 e. The number of hydrogen-bond acceptors (Lipinski definition) is 3. The minimum Gasteiger partial charge on any atom is -0.392 e. The van der Waals surface area contributed by atoms with Gasteiger partial charge in [-0.05, 0) is 37.2 Å². The van der Waals surface area contributed by atoms with Crippen LogP contribution >= 0.6 is 0 Å². The lowest BCUT2D eigenvalue weighted by molar-refractivity contribution is -0.00464. The monoisotopic (exact) mass is 251 g/mol. The molecule has 3 N–H and O–H groups in total. The summed E-state index contributed by atoms with van der Waals surface area (Å²) in [6.07, 6.45) is 6.49. The van der Waals surface area contributed by atoms with E-state index in [9.17, 15) is 5.11 Å². The van der Waals surface area contributed by atoms with Gasteiger partial charge in [-0.1, -0.05) is 13.8 Å². The van der Waals surface area contributed by atoms with E-state index in [4.69, 9.17) is 5.73 Å². The molecule has 18 heavy (non-hydrogen) atoms. The average Bonchev–Trinajstić information content (AvgIpc) is 2.88. The second kappa shape index (κ2) is 4.67. The molecule has 4 nitrogen and oxygen atoms in total. The Labute approximate surface area is 109 Å². The lowest BCUT2D eigenvalue weighted by Gasteiger charge is -2.35. The van der Waals surface area contributed by atoms with E-state index in [0.29, 0.717) is 6.54 Å². The SMILES string of the molecule is CCn1cc(CC2(CN)CCC(C)(C)C2O)cn1. The number of aliphatic hydroxyl groups is 1. The summed E-state index contributed by atoms with van der Waals surface area (Å²) in [5.74, 6) is 0. The van der Waals surface area contributed by atoms with Crippen LogP contribution in [0.25, 0.3) is 0 Å². The maximum Gasteiger partial charge on any atom is 0.0662 e. The molecule has 1 heterocycles. The fourth-order valence-electron chi connectivity index (χ4n) is 3.22. The number of nitrogens with two attached hydrogens (primary N) is 1. The summed E-state index contributed by atoms with van der Waals surface area (Å²) in [7, 11) is 0. The Morgan fingerprint density at radius 3 is 2.67 bits per heavy atom. The summed E-state index contributed by atoms with van der Waals surface area (Å²) < 4.78 is 1.92. The van der Waals surface area contributed by atoms with Crippen molar-refractivity contribution in [3.63, 3.8) is 0 Å². The van der Waals surface area contributed by atoms with E-state index < -0.39 is 0 Å². The van der Waals surface area contributed by atoms with Gasteiger partial charge in [0.15, 0.2) is 0 Å². The van der Waals surface area contributed by atoms with Crippen LogP contribution in [0.3, 0.4) is 0 Å². The summed E-state index contributed by atoms with van der Waals surface area (Å²) in [6.45, 7) is 7.75. The van der Waals surface area contributed by atoms with Crippen molar-refractivity contribution in [1.29, 1.82) is 0 Å². The van der Waals surface area contributed by atoms with Crippen molar-refractivity contribution < 1.29 is 5.11 Å². The molecule has 2 rings (SSSR count). The molecule has 1 aromatic rings. The zero-order valence-corrected chi connectivity index (χ0v) is 11.7. The molecule has 1 fully saturated rings. The van der Waals surface area contributed by atoms with E-state index >= 15 is 0 Å². The summed E-state index contributed by atoms with van der Waals surface area (Å²) >= 11 is 0. The topological polar surface area (TPSA) is 64.1 Å². The van der Waals surface area contributed by atoms with Gasteiger partial charge < -0.3 is 10.8 Å². The molecule has 102 valence electrons. The predicted octanol–water partition coefficient (Wildman–Crippen LogP) is 1.57. The second-order valence-corrected chi connectivity index (χ2v) is 6.34. The third-order valence-electron chi connectivity index (χ3n) is 4.56. The van der Waals surface area contributed by atoms with Gasteiger partial charge >= 0.3 is 0 Å². The van der Waals surface area contributed by atoms with Crippen LogP contribution in [-0.2, 0) is 13.0 Å². The van der Waals surface area contributed by atoms with Crippen molar-refractivity contribution in [2.45, 2.75) is 52.7 Å². The molecule has 0 saturated heterocycles. The standard InChI is InChI=1S/C14H25N3O/c1-4-17-9-11(8-16-17)7-14(10-15)6-5-13(2,3)12(14)18/h8-9,12,18H,4-7,10,15H2,1-3H3. The highest BCUT2D eigenvalue weighted by Gasteiger charge is 2.50. The molecule has 0 radical (unpaired) electrons. The number of hydrogen-bond donors (Lipinski definition) is 2. The molecular formula is C14H25N3O. The van der Waals surface area contributed by atoms with Crippen LogP contribution in [0.5, 0.6) is 0 Å². The van der Waals surface area contributed by atoms with Gasteiger partial charge in [-0.3, -0.25) is 4.68 Å². The zero-order chi connectivity index (χ0) is 13.4. The number of aliphatic hydroxyl groups excluding tert-OH is 1. The maximum absolute atomic E-state index is 10.6. The van der Waals surface area contributed by atoms with Gasteiger partial charge in [0, 0.05) is 24.7 Å². The molecule has 0 amide bonds. The van der Waals surface area contributed by atoms with Gasteiger partial charge in [-0.15, -0.1) is 0 Å². The van der Waals surface area contributed by atoms with Gasteiger partial charge in [0.05, 0.1) is 12.3 Å². The number of aryl methyl sites for hydroxylation is 1. The highest BCUT2D eigenvalue weighted by Crippen LogP contribution is 2.50. The smallest absolute Gasteiger partial charge is 0.0662 e. The quantitative estimate of drug-likeness (QED) is 0.854. The molecule has 0 spiro atoms. The van der Waals surface area contributed by atoms with Gasteiger partial charge in [0.2, 0.25) is 0 Å². The van der Waals surface area contributed by atoms with E-state index in [2.05, 4.69) is 32.1 Å². The van der Waals surface area contributed by atoms with Crippen molar-refractivity contribution in [3.05, 3.63) is 18.0 Å². The lowest BCUT2D eigenvalue weighted by atomic mass is 9.75. The first-order valence-electron chi connectivity index (χ1n) is 6.83. The molecule has 1 aliphatic rings. The van der Waals surface area contributed by atoms with Crippen LogP contribution in [0.15, 0.2) is 12.4 Å². The lowest BCUT2D eigenvalue weighted by Crippen LogP contribution is -2.44. The van der Waals surface area contributed by atoms with Gasteiger partial charge in [-0.25, -0.2) is 0 Å². The molecule has 1 aromatic heterocycles. The molecule has 2 atom stereocenters. The molecule has 0 aromatic carbocycles. The predicted molar refractivity (Wildman–Crippen MR) is 72.1 cm³/mol. The summed E-state index contributed by atoms with van der Waals surface area (Å²) in [6, 6.07) is 0. The summed E-state index contributed by atoms with van der Waals surface area (Å²) in [4.78, 5) is 0. The number of rotatable bonds is 4. The Bertz CT molecular complexity index is 413. The van der Waals surface area contributed by atoms with Crippen LogP contribution in [0.2, 0.25) is 0 Å². The van der Waals surface area contributed by atoms with E-state index in [1.54, 1.807) is 0 Å². The van der Waals surface area contributed by atoms with Gasteiger partial charge in [0.25, 0.3) is 0 Å². The first-order chi connectivity index (χ1) is 8.43. The molecule has 2 unspecified atom stereocenters. The maximum atomic E-state index is 10.6. The third-order valence-corrected chi connectivity index (χ3v) is 4.56. The second-order valence-electron chi connectivity index (χ2n) is 6.34. The minimum absolute atomic E-state index is 0.0277. The molecule has 1 aliphatic carbocycles. The first kappa shape index (κ1) is 13.6. The van der Waals surface area contributed by atoms with Crippen molar-refractivity contribution in [2.75, 3.05) is 6.54 Å². The Balaban J connectivity index is 2.19. The Hall–Kier alpha value is -0.870. The fraction of sp³-hybridized carbons (Fsp3) is 0.786. The first-order valence-corrected chi connectivity index (χ1v) is 6.83. The third kappa shape index (κ3) is 2.19. The fourth-order valence-corrected chi connectivity index (χ4v) is 3.22. The van der Waals surface area contributed by atoms with E-state index in [1.807, 2.05) is 10.9 Å². The van der Waals surface area contributed by atoms with Crippen LogP contribution in [0, 0.1) is 10.8 Å². The van der Waals surface area contributed by atoms with Crippen LogP contribution < -0.4 is 5.73 Å². The van der Waals surface area contributed by atoms with Crippen molar-refractivity contribution in [2.24, 2.45) is 16.6 Å². The Morgan fingerprint density at radius 2 is 2.22 bits per heavy atom. The zero-order valence-electron chi connectivity index (χ0n) is 11.7. The molecular weight excluding hydrogens is 226 g/mol. The van der Waals surface area contributed by atoms with Crippen LogP contribution in [0.4, 0.5) is 0 Å². The molecule has 0 aliphatic heterocycles.